The number of nitrogens with zero attached hydrogens (tertiary/aromatic N) is 2. The lowest BCUT2D eigenvalue weighted by molar-refractivity contribution is -0.123. The van der Waals surface area contributed by atoms with Crippen molar-refractivity contribution < 1.29 is 23.1 Å². The van der Waals surface area contributed by atoms with Gasteiger partial charge in [-0.15, -0.1) is 0 Å². The van der Waals surface area contributed by atoms with E-state index >= 15 is 4.39 Å². The van der Waals surface area contributed by atoms with E-state index in [1.807, 2.05) is 0 Å². The molecule has 1 atom stereocenters. The van der Waals surface area contributed by atoms with Gasteiger partial charge in [-0.3, -0.25) is 9.59 Å². The zero-order chi connectivity index (χ0) is 26.6. The number of nitrogens with two attached hydrogens (primary N) is 1. The smallest absolute Gasteiger partial charge is 0.255 e. The van der Waals surface area contributed by atoms with Crippen molar-refractivity contribution >= 4 is 11.8 Å². The van der Waals surface area contributed by atoms with Crippen molar-refractivity contribution in [3.63, 3.8) is 0 Å². The lowest BCUT2D eigenvalue weighted by Gasteiger charge is -2.34. The van der Waals surface area contributed by atoms with Crippen LogP contribution in [0, 0.1) is 11.7 Å². The van der Waals surface area contributed by atoms with Gasteiger partial charge in [0.1, 0.15) is 11.7 Å². The third kappa shape index (κ3) is 6.86. The Hall–Kier alpha value is -3.00. The Bertz CT molecular complexity index is 1110. The number of likely N-dealkylation sites (tertiary alicyclic amines) is 2. The molecule has 2 aromatic rings. The summed E-state index contributed by atoms with van der Waals surface area (Å²) in [5.74, 6) is -0.814. The molecule has 4 rings (SSSR count). The summed E-state index contributed by atoms with van der Waals surface area (Å²) in [4.78, 5) is 29.0. The van der Waals surface area contributed by atoms with Gasteiger partial charge in [-0.1, -0.05) is 24.3 Å². The van der Waals surface area contributed by atoms with Crippen molar-refractivity contribution in [2.24, 2.45) is 11.7 Å². The van der Waals surface area contributed by atoms with Crippen LogP contribution in [0.3, 0.4) is 0 Å². The highest BCUT2D eigenvalue weighted by molar-refractivity contribution is 6.02. The van der Waals surface area contributed by atoms with Crippen molar-refractivity contribution in [3.05, 3.63) is 53.8 Å². The highest BCUT2D eigenvalue weighted by atomic mass is 19.1. The van der Waals surface area contributed by atoms with E-state index in [-0.39, 0.29) is 11.7 Å². The SMILES string of the molecule is CC(C)(F)CN1CCC(COc2ccc(-c3ccccc3C(=O)N3CCCC[C@H]3C(N)=O)cc2F)CC1. The second kappa shape index (κ2) is 11.6. The lowest BCUT2D eigenvalue weighted by Crippen LogP contribution is -2.50. The molecule has 0 spiro atoms. The van der Waals surface area contributed by atoms with Crippen molar-refractivity contribution in [1.82, 2.24) is 9.80 Å². The van der Waals surface area contributed by atoms with E-state index in [1.165, 1.54) is 6.07 Å². The Balaban J connectivity index is 1.42. The zero-order valence-electron chi connectivity index (χ0n) is 21.7. The Kier molecular flexibility index (Phi) is 8.47. The lowest BCUT2D eigenvalue weighted by atomic mass is 9.95. The standard InChI is InChI=1S/C29H37F2N3O3/c1-29(2,31)19-33-15-12-20(13-16-33)18-37-26-11-10-21(17-24(26)30)22-7-3-4-8-23(22)28(36)34-14-6-5-9-25(34)27(32)35/h3-4,7-8,10-11,17,20,25H,5-6,9,12-16,18-19H2,1-2H3,(H2,32,35)/t25-/m0/s1. The molecule has 2 fully saturated rings. The Morgan fingerprint density at radius 3 is 2.46 bits per heavy atom. The Labute approximate surface area is 217 Å². The summed E-state index contributed by atoms with van der Waals surface area (Å²) in [6, 6.07) is 11.1. The molecular weight excluding hydrogens is 476 g/mol. The zero-order valence-corrected chi connectivity index (χ0v) is 21.7. The third-order valence-corrected chi connectivity index (χ3v) is 7.27. The van der Waals surface area contributed by atoms with Gasteiger partial charge in [-0.2, -0.15) is 0 Å². The van der Waals surface area contributed by atoms with Crippen LogP contribution in [0.15, 0.2) is 42.5 Å². The summed E-state index contributed by atoms with van der Waals surface area (Å²) in [6.07, 6.45) is 3.98. The average molecular weight is 514 g/mol. The minimum absolute atomic E-state index is 0.171. The number of ether oxygens (including phenoxy) is 1. The first-order valence-corrected chi connectivity index (χ1v) is 13.2. The number of hydrogen-bond acceptors (Lipinski definition) is 4. The number of carbonyl (C=O) groups is 2. The summed E-state index contributed by atoms with van der Waals surface area (Å²) in [5, 5.41) is 0. The van der Waals surface area contributed by atoms with Crippen molar-refractivity contribution in [1.29, 1.82) is 0 Å². The van der Waals surface area contributed by atoms with Gasteiger partial charge in [0.15, 0.2) is 11.6 Å². The first kappa shape index (κ1) is 27.0. The van der Waals surface area contributed by atoms with Crippen molar-refractivity contribution in [2.75, 3.05) is 32.8 Å². The second-order valence-electron chi connectivity index (χ2n) is 10.9. The number of hydrogen-bond donors (Lipinski definition) is 1. The molecule has 2 saturated heterocycles. The van der Waals surface area contributed by atoms with E-state index < -0.39 is 23.4 Å². The number of halogens is 2. The molecule has 37 heavy (non-hydrogen) atoms. The molecule has 200 valence electrons. The van der Waals surface area contributed by atoms with Crippen LogP contribution in [-0.2, 0) is 4.79 Å². The maximum Gasteiger partial charge on any atom is 0.255 e. The van der Waals surface area contributed by atoms with Gasteiger partial charge in [-0.05, 0) is 94.3 Å². The molecule has 0 radical (unpaired) electrons. The molecule has 2 aromatic carbocycles. The van der Waals surface area contributed by atoms with Crippen LogP contribution in [-0.4, -0.2) is 66.1 Å². The van der Waals surface area contributed by atoms with Crippen LogP contribution in [0.4, 0.5) is 8.78 Å². The summed E-state index contributed by atoms with van der Waals surface area (Å²) in [7, 11) is 0. The Morgan fingerprint density at radius 1 is 1.05 bits per heavy atom. The molecule has 0 bridgehead atoms. The first-order valence-electron chi connectivity index (χ1n) is 13.2. The van der Waals surface area contributed by atoms with E-state index in [0.717, 1.165) is 38.8 Å². The molecule has 2 heterocycles. The highest BCUT2D eigenvalue weighted by Gasteiger charge is 2.32. The number of benzene rings is 2. The number of rotatable bonds is 8. The van der Waals surface area contributed by atoms with Gasteiger partial charge >= 0.3 is 0 Å². The van der Waals surface area contributed by atoms with Crippen molar-refractivity contribution in [3.8, 4) is 16.9 Å². The number of amides is 2. The average Bonchev–Trinajstić information content (AvgIpc) is 2.87. The first-order chi connectivity index (χ1) is 17.6. The van der Waals surface area contributed by atoms with Crippen LogP contribution in [0.1, 0.15) is 56.3 Å². The molecular formula is C29H37F2N3O3. The van der Waals surface area contributed by atoms with E-state index in [4.69, 9.17) is 10.5 Å². The molecule has 2 aliphatic rings. The normalized spacial score (nSPS) is 19.6. The highest BCUT2D eigenvalue weighted by Crippen LogP contribution is 2.31. The molecule has 0 saturated carbocycles. The fraction of sp³-hybridized carbons (Fsp3) is 0.517. The molecule has 2 amide bonds. The van der Waals surface area contributed by atoms with Gasteiger partial charge in [0, 0.05) is 18.7 Å². The molecule has 0 aliphatic carbocycles. The van der Waals surface area contributed by atoms with Gasteiger partial charge < -0.3 is 20.3 Å². The molecule has 8 heteroatoms. The number of piperidine rings is 2. The summed E-state index contributed by atoms with van der Waals surface area (Å²) in [6.45, 7) is 6.08. The summed E-state index contributed by atoms with van der Waals surface area (Å²) < 4.78 is 34.8. The van der Waals surface area contributed by atoms with E-state index in [2.05, 4.69) is 4.90 Å². The number of primary amides is 1. The number of alkyl halides is 1. The van der Waals surface area contributed by atoms with Crippen LogP contribution in [0.5, 0.6) is 5.75 Å². The van der Waals surface area contributed by atoms with E-state index in [9.17, 15) is 14.0 Å². The van der Waals surface area contributed by atoms with E-state index in [0.29, 0.717) is 48.7 Å². The predicted octanol–water partition coefficient (Wildman–Crippen LogP) is 4.81. The number of carbonyl (C=O) groups excluding carboxylic acids is 2. The van der Waals surface area contributed by atoms with Gasteiger partial charge in [0.2, 0.25) is 5.91 Å². The quantitative estimate of drug-likeness (QED) is 0.550. The van der Waals surface area contributed by atoms with Gasteiger partial charge in [0.05, 0.1) is 6.61 Å². The molecule has 2 N–H and O–H groups in total. The minimum atomic E-state index is -1.21. The molecule has 6 nitrogen and oxygen atoms in total. The largest absolute Gasteiger partial charge is 0.490 e. The topological polar surface area (TPSA) is 75.9 Å². The van der Waals surface area contributed by atoms with Crippen LogP contribution in [0.25, 0.3) is 11.1 Å². The summed E-state index contributed by atoms with van der Waals surface area (Å²) in [5.41, 5.74) is 5.91. The minimum Gasteiger partial charge on any atom is -0.490 e. The molecule has 2 aliphatic heterocycles. The second-order valence-corrected chi connectivity index (χ2v) is 10.9. The fourth-order valence-electron chi connectivity index (χ4n) is 5.38. The third-order valence-electron chi connectivity index (χ3n) is 7.27. The monoisotopic (exact) mass is 513 g/mol. The van der Waals surface area contributed by atoms with E-state index in [1.54, 1.807) is 55.1 Å². The Morgan fingerprint density at radius 2 is 1.78 bits per heavy atom. The van der Waals surface area contributed by atoms with Crippen molar-refractivity contribution in [2.45, 2.75) is 57.7 Å². The predicted molar refractivity (Wildman–Crippen MR) is 140 cm³/mol. The maximum absolute atomic E-state index is 15.1. The fourth-order valence-corrected chi connectivity index (χ4v) is 5.38. The molecule has 0 aromatic heterocycles. The maximum atomic E-state index is 15.1. The molecule has 0 unspecified atom stereocenters. The van der Waals surface area contributed by atoms with Crippen LogP contribution >= 0.6 is 0 Å². The van der Waals surface area contributed by atoms with Crippen LogP contribution in [0.2, 0.25) is 0 Å². The van der Waals surface area contributed by atoms with Gasteiger partial charge in [0.25, 0.3) is 5.91 Å². The van der Waals surface area contributed by atoms with Crippen LogP contribution < -0.4 is 10.5 Å². The summed E-state index contributed by atoms with van der Waals surface area (Å²) >= 11 is 0. The van der Waals surface area contributed by atoms with Gasteiger partial charge in [-0.25, -0.2) is 8.78 Å².